The fourth-order valence-corrected chi connectivity index (χ4v) is 4.76. The van der Waals surface area contributed by atoms with Crippen molar-refractivity contribution >= 4 is 35.5 Å². The van der Waals surface area contributed by atoms with Crippen LogP contribution in [0.4, 0.5) is 4.79 Å². The van der Waals surface area contributed by atoms with Crippen molar-refractivity contribution in [1.29, 1.82) is 0 Å². The Morgan fingerprint density at radius 3 is 2.58 bits per heavy atom. The Labute approximate surface area is 201 Å². The lowest BCUT2D eigenvalue weighted by Crippen LogP contribution is -2.45. The summed E-state index contributed by atoms with van der Waals surface area (Å²) in [6.45, 7) is 0.124. The molecule has 1 aliphatic rings. The number of rotatable bonds is 12. The summed E-state index contributed by atoms with van der Waals surface area (Å²) < 4.78 is 15.9. The summed E-state index contributed by atoms with van der Waals surface area (Å²) in [5.74, 6) is 2.52. The van der Waals surface area contributed by atoms with Crippen LogP contribution in [0.3, 0.4) is 0 Å². The van der Waals surface area contributed by atoms with Crippen molar-refractivity contribution in [3.8, 4) is 17.2 Å². The van der Waals surface area contributed by atoms with Crippen molar-refractivity contribution in [2.24, 2.45) is 0 Å². The number of carboxylic acid groups (broad SMARTS) is 1. The van der Waals surface area contributed by atoms with Gasteiger partial charge in [0.15, 0.2) is 11.5 Å². The molecular weight excluding hydrogens is 464 g/mol. The predicted molar refractivity (Wildman–Crippen MR) is 130 cm³/mol. The molecule has 1 heterocycles. The second-order valence-corrected chi connectivity index (χ2v) is 9.42. The third-order valence-corrected chi connectivity index (χ3v) is 6.82. The molecule has 8 nitrogen and oxygen atoms in total. The highest BCUT2D eigenvalue weighted by Crippen LogP contribution is 2.34. The van der Waals surface area contributed by atoms with Crippen molar-refractivity contribution in [1.82, 2.24) is 10.6 Å². The highest BCUT2D eigenvalue weighted by atomic mass is 32.2. The standard InChI is InChI=1S/C23H28N2O6S2/c1-29-17-4-6-18(7-5-17)33-13-16(9-10-32-2)24-23(28)25-19(12-22(26)27)15-3-8-20-21(11-15)31-14-30-20/h3-8,11,16,19H,9-10,12-14H2,1-2H3,(H,26,27)(H2,24,25,28)/t16-,19-/m0/s1. The minimum Gasteiger partial charge on any atom is -0.497 e. The van der Waals surface area contributed by atoms with Gasteiger partial charge in [0.05, 0.1) is 19.6 Å². The maximum absolute atomic E-state index is 12.8. The van der Waals surface area contributed by atoms with Gasteiger partial charge in [-0.05, 0) is 60.4 Å². The number of aliphatic carboxylic acids is 1. The molecule has 178 valence electrons. The van der Waals surface area contributed by atoms with Gasteiger partial charge in [-0.2, -0.15) is 11.8 Å². The molecule has 0 saturated carbocycles. The molecule has 0 radical (unpaired) electrons. The van der Waals surface area contributed by atoms with Gasteiger partial charge in [0.2, 0.25) is 6.79 Å². The van der Waals surface area contributed by atoms with Gasteiger partial charge in [0, 0.05) is 16.7 Å². The van der Waals surface area contributed by atoms with E-state index in [9.17, 15) is 14.7 Å². The molecule has 2 aromatic rings. The molecule has 33 heavy (non-hydrogen) atoms. The summed E-state index contributed by atoms with van der Waals surface area (Å²) in [4.78, 5) is 25.3. The molecule has 0 saturated heterocycles. The van der Waals surface area contributed by atoms with E-state index in [1.165, 1.54) is 0 Å². The number of urea groups is 1. The molecule has 1 aliphatic heterocycles. The molecule has 3 rings (SSSR count). The van der Waals surface area contributed by atoms with Crippen molar-refractivity contribution in [2.75, 3.05) is 31.7 Å². The van der Waals surface area contributed by atoms with E-state index in [0.29, 0.717) is 22.8 Å². The lowest BCUT2D eigenvalue weighted by molar-refractivity contribution is -0.137. The number of amides is 2. The Bertz CT molecular complexity index is 941. The first-order chi connectivity index (χ1) is 16.0. The van der Waals surface area contributed by atoms with Crippen molar-refractivity contribution in [3.05, 3.63) is 48.0 Å². The number of methoxy groups -OCH3 is 1. The normalized spacial score (nSPS) is 13.8. The van der Waals surface area contributed by atoms with Crippen molar-refractivity contribution in [3.63, 3.8) is 0 Å². The van der Waals surface area contributed by atoms with Gasteiger partial charge in [-0.25, -0.2) is 4.79 Å². The predicted octanol–water partition coefficient (Wildman–Crippen LogP) is 4.15. The van der Waals surface area contributed by atoms with Crippen LogP contribution in [0.5, 0.6) is 17.2 Å². The summed E-state index contributed by atoms with van der Waals surface area (Å²) in [5, 5.41) is 15.2. The molecule has 0 spiro atoms. The Morgan fingerprint density at radius 1 is 1.12 bits per heavy atom. The van der Waals surface area contributed by atoms with E-state index >= 15 is 0 Å². The first-order valence-electron chi connectivity index (χ1n) is 10.4. The summed E-state index contributed by atoms with van der Waals surface area (Å²) in [5.41, 5.74) is 0.644. The topological polar surface area (TPSA) is 106 Å². The van der Waals surface area contributed by atoms with Gasteiger partial charge in [0.1, 0.15) is 5.75 Å². The second-order valence-electron chi connectivity index (χ2n) is 7.35. The molecular formula is C23H28N2O6S2. The first kappa shape index (κ1) is 24.9. The van der Waals surface area contributed by atoms with Crippen LogP contribution in [-0.2, 0) is 4.79 Å². The average molecular weight is 493 g/mol. The van der Waals surface area contributed by atoms with E-state index in [2.05, 4.69) is 10.6 Å². The van der Waals surface area contributed by atoms with Crippen LogP contribution in [0.15, 0.2) is 47.4 Å². The number of ether oxygens (including phenoxy) is 3. The number of thioether (sulfide) groups is 2. The van der Waals surface area contributed by atoms with E-state index in [1.54, 1.807) is 48.8 Å². The average Bonchev–Trinajstić information content (AvgIpc) is 3.28. The smallest absolute Gasteiger partial charge is 0.315 e. The van der Waals surface area contributed by atoms with Gasteiger partial charge < -0.3 is 30.0 Å². The zero-order valence-electron chi connectivity index (χ0n) is 18.5. The summed E-state index contributed by atoms with van der Waals surface area (Å²) in [7, 11) is 1.63. The van der Waals surface area contributed by atoms with Crippen molar-refractivity contribution in [2.45, 2.75) is 29.8 Å². The minimum atomic E-state index is -1.01. The maximum atomic E-state index is 12.8. The fourth-order valence-electron chi connectivity index (χ4n) is 3.27. The number of nitrogens with one attached hydrogen (secondary N) is 2. The third kappa shape index (κ3) is 7.68. The number of carboxylic acids is 1. The molecule has 2 atom stereocenters. The van der Waals surface area contributed by atoms with E-state index in [-0.39, 0.29) is 19.3 Å². The summed E-state index contributed by atoms with van der Waals surface area (Å²) in [6, 6.07) is 11.8. The van der Waals surface area contributed by atoms with Crippen LogP contribution >= 0.6 is 23.5 Å². The molecule has 0 aliphatic carbocycles. The zero-order valence-corrected chi connectivity index (χ0v) is 20.2. The van der Waals surface area contributed by atoms with Crippen LogP contribution in [-0.4, -0.2) is 54.8 Å². The fraction of sp³-hybridized carbons (Fsp3) is 0.391. The first-order valence-corrected chi connectivity index (χ1v) is 12.8. The second kappa shape index (κ2) is 12.5. The van der Waals surface area contributed by atoms with Gasteiger partial charge in [-0.15, -0.1) is 11.8 Å². The van der Waals surface area contributed by atoms with Crippen LogP contribution in [0, 0.1) is 0 Å². The molecule has 3 N–H and O–H groups in total. The number of carbonyl (C=O) groups excluding carboxylic acids is 1. The van der Waals surface area contributed by atoms with Crippen LogP contribution in [0.1, 0.15) is 24.4 Å². The SMILES string of the molecule is COc1ccc(SC[C@H](CCSC)NC(=O)N[C@@H](CC(=O)O)c2ccc3c(c2)OCO3)cc1. The monoisotopic (exact) mass is 492 g/mol. The molecule has 0 aromatic heterocycles. The largest absolute Gasteiger partial charge is 0.497 e. The van der Waals surface area contributed by atoms with Gasteiger partial charge in [0.25, 0.3) is 0 Å². The highest BCUT2D eigenvalue weighted by molar-refractivity contribution is 7.99. The zero-order chi connectivity index (χ0) is 23.6. The molecule has 2 aromatic carbocycles. The summed E-state index contributed by atoms with van der Waals surface area (Å²) in [6.07, 6.45) is 2.57. The molecule has 10 heteroatoms. The summed E-state index contributed by atoms with van der Waals surface area (Å²) >= 11 is 3.36. The van der Waals surface area contributed by atoms with E-state index in [0.717, 1.165) is 22.8 Å². The van der Waals surface area contributed by atoms with E-state index < -0.39 is 18.0 Å². The molecule has 2 amide bonds. The van der Waals surface area contributed by atoms with Gasteiger partial charge in [-0.1, -0.05) is 6.07 Å². The Kier molecular flexibility index (Phi) is 9.44. The van der Waals surface area contributed by atoms with Crippen LogP contribution in [0.25, 0.3) is 0 Å². The minimum absolute atomic E-state index is 0.0771. The molecule has 0 fully saturated rings. The molecule has 0 unspecified atom stereocenters. The number of hydrogen-bond acceptors (Lipinski definition) is 7. The Balaban J connectivity index is 1.62. The van der Waals surface area contributed by atoms with Crippen molar-refractivity contribution < 1.29 is 28.9 Å². The Hall–Kier alpha value is -2.72. The number of benzene rings is 2. The number of hydrogen-bond donors (Lipinski definition) is 3. The van der Waals surface area contributed by atoms with Gasteiger partial charge in [-0.3, -0.25) is 4.79 Å². The number of carbonyl (C=O) groups is 2. The quantitative estimate of drug-likeness (QED) is 0.380. The number of fused-ring (bicyclic) bond motifs is 1. The third-order valence-electron chi connectivity index (χ3n) is 5.00. The van der Waals surface area contributed by atoms with Gasteiger partial charge >= 0.3 is 12.0 Å². The lowest BCUT2D eigenvalue weighted by atomic mass is 10.0. The highest BCUT2D eigenvalue weighted by Gasteiger charge is 2.23. The lowest BCUT2D eigenvalue weighted by Gasteiger charge is -2.22. The van der Waals surface area contributed by atoms with Crippen LogP contribution < -0.4 is 24.8 Å². The van der Waals surface area contributed by atoms with Crippen LogP contribution in [0.2, 0.25) is 0 Å². The van der Waals surface area contributed by atoms with E-state index in [4.69, 9.17) is 14.2 Å². The maximum Gasteiger partial charge on any atom is 0.315 e. The molecule has 0 bridgehead atoms. The van der Waals surface area contributed by atoms with E-state index in [1.807, 2.05) is 30.5 Å². The Morgan fingerprint density at radius 2 is 1.88 bits per heavy atom.